The van der Waals surface area contributed by atoms with E-state index in [0.717, 1.165) is 22.4 Å². The summed E-state index contributed by atoms with van der Waals surface area (Å²) in [5.41, 5.74) is 3.61. The molecule has 0 saturated carbocycles. The van der Waals surface area contributed by atoms with Crippen LogP contribution in [0, 0.1) is 0 Å². The lowest BCUT2D eigenvalue weighted by molar-refractivity contribution is 0.0993. The molecular formula is C19H15NO. The zero-order chi connectivity index (χ0) is 14.5. The van der Waals surface area contributed by atoms with Crippen LogP contribution in [0.2, 0.25) is 0 Å². The predicted octanol–water partition coefficient (Wildman–Crippen LogP) is 4.17. The van der Waals surface area contributed by atoms with Crippen molar-refractivity contribution in [3.8, 4) is 11.3 Å². The molecule has 0 aliphatic carbocycles. The second-order valence-corrected chi connectivity index (χ2v) is 4.88. The molecule has 0 aliphatic heterocycles. The minimum Gasteiger partial charge on any atom is -0.294 e. The molecule has 0 unspecified atom stereocenters. The third-order valence-electron chi connectivity index (χ3n) is 3.35. The van der Waals surface area contributed by atoms with Crippen molar-refractivity contribution in [2.75, 3.05) is 0 Å². The Balaban J connectivity index is 1.85. The van der Waals surface area contributed by atoms with Gasteiger partial charge in [-0.15, -0.1) is 0 Å². The molecule has 0 aliphatic rings. The first-order valence-electron chi connectivity index (χ1n) is 6.91. The molecule has 2 nitrogen and oxygen atoms in total. The van der Waals surface area contributed by atoms with Gasteiger partial charge in [-0.25, -0.2) is 0 Å². The van der Waals surface area contributed by atoms with Crippen LogP contribution in [0.1, 0.15) is 15.9 Å². The summed E-state index contributed by atoms with van der Waals surface area (Å²) in [5.74, 6) is 0.124. The summed E-state index contributed by atoms with van der Waals surface area (Å²) in [7, 11) is 0. The van der Waals surface area contributed by atoms with Crippen LogP contribution >= 0.6 is 0 Å². The van der Waals surface area contributed by atoms with Gasteiger partial charge in [0.2, 0.25) is 0 Å². The average molecular weight is 273 g/mol. The van der Waals surface area contributed by atoms with Crippen molar-refractivity contribution >= 4 is 5.78 Å². The number of benzene rings is 2. The van der Waals surface area contributed by atoms with Crippen LogP contribution in [-0.4, -0.2) is 10.8 Å². The smallest absolute Gasteiger partial charge is 0.167 e. The molecule has 21 heavy (non-hydrogen) atoms. The van der Waals surface area contributed by atoms with Gasteiger partial charge in [0, 0.05) is 23.7 Å². The summed E-state index contributed by atoms with van der Waals surface area (Å²) in [4.78, 5) is 16.7. The topological polar surface area (TPSA) is 30.0 Å². The van der Waals surface area contributed by atoms with Crippen LogP contribution in [0.15, 0.2) is 79.0 Å². The summed E-state index contributed by atoms with van der Waals surface area (Å²) in [5, 5.41) is 0. The van der Waals surface area contributed by atoms with Crippen molar-refractivity contribution < 1.29 is 4.79 Å². The van der Waals surface area contributed by atoms with E-state index >= 15 is 0 Å². The number of carbonyl (C=O) groups is 1. The van der Waals surface area contributed by atoms with Crippen LogP contribution in [0.3, 0.4) is 0 Å². The van der Waals surface area contributed by atoms with Crippen LogP contribution in [-0.2, 0) is 6.42 Å². The van der Waals surface area contributed by atoms with E-state index in [1.54, 1.807) is 6.20 Å². The molecule has 0 N–H and O–H groups in total. The highest BCUT2D eigenvalue weighted by molar-refractivity contribution is 5.98. The monoisotopic (exact) mass is 273 g/mol. The molecule has 3 aromatic rings. The number of hydrogen-bond donors (Lipinski definition) is 0. The van der Waals surface area contributed by atoms with Gasteiger partial charge in [-0.1, -0.05) is 54.6 Å². The van der Waals surface area contributed by atoms with Crippen LogP contribution < -0.4 is 0 Å². The lowest BCUT2D eigenvalue weighted by Gasteiger charge is -2.05. The first-order chi connectivity index (χ1) is 10.3. The molecule has 2 heteroatoms. The third-order valence-corrected chi connectivity index (χ3v) is 3.35. The standard InChI is InChI=1S/C19H15NO/c21-19(13-15-7-2-1-3-8-15)17-10-6-9-16(14-17)18-11-4-5-12-20-18/h1-12,14H,13H2. The number of ketones is 1. The van der Waals surface area contributed by atoms with Gasteiger partial charge in [-0.2, -0.15) is 0 Å². The second kappa shape index (κ2) is 6.14. The van der Waals surface area contributed by atoms with Crippen molar-refractivity contribution in [3.63, 3.8) is 0 Å². The van der Waals surface area contributed by atoms with Gasteiger partial charge in [0.05, 0.1) is 5.69 Å². The maximum atomic E-state index is 12.4. The Morgan fingerprint density at radius 3 is 2.43 bits per heavy atom. The van der Waals surface area contributed by atoms with Crippen molar-refractivity contribution in [2.45, 2.75) is 6.42 Å². The second-order valence-electron chi connectivity index (χ2n) is 4.88. The summed E-state index contributed by atoms with van der Waals surface area (Å²) in [6.07, 6.45) is 2.18. The first-order valence-corrected chi connectivity index (χ1v) is 6.91. The molecule has 102 valence electrons. The molecule has 0 amide bonds. The van der Waals surface area contributed by atoms with Gasteiger partial charge in [-0.05, 0) is 23.8 Å². The summed E-state index contributed by atoms with van der Waals surface area (Å²) < 4.78 is 0. The molecule has 2 aromatic carbocycles. The van der Waals surface area contributed by atoms with E-state index in [1.807, 2.05) is 72.8 Å². The molecule has 0 atom stereocenters. The molecule has 1 aromatic heterocycles. The average Bonchev–Trinajstić information content (AvgIpc) is 2.57. The quantitative estimate of drug-likeness (QED) is 0.668. The van der Waals surface area contributed by atoms with Crippen LogP contribution in [0.25, 0.3) is 11.3 Å². The highest BCUT2D eigenvalue weighted by atomic mass is 16.1. The van der Waals surface area contributed by atoms with Crippen LogP contribution in [0.5, 0.6) is 0 Å². The highest BCUT2D eigenvalue weighted by Gasteiger charge is 2.08. The zero-order valence-electron chi connectivity index (χ0n) is 11.6. The van der Waals surface area contributed by atoms with Gasteiger partial charge in [0.25, 0.3) is 0 Å². The molecule has 0 saturated heterocycles. The molecule has 3 rings (SSSR count). The lowest BCUT2D eigenvalue weighted by Crippen LogP contribution is -2.03. The van der Waals surface area contributed by atoms with Gasteiger partial charge in [-0.3, -0.25) is 9.78 Å². The zero-order valence-corrected chi connectivity index (χ0v) is 11.6. The van der Waals surface area contributed by atoms with Crippen LogP contribution in [0.4, 0.5) is 0 Å². The summed E-state index contributed by atoms with van der Waals surface area (Å²) >= 11 is 0. The predicted molar refractivity (Wildman–Crippen MR) is 84.1 cm³/mol. The number of nitrogens with zero attached hydrogens (tertiary/aromatic N) is 1. The Morgan fingerprint density at radius 1 is 0.857 bits per heavy atom. The number of carbonyl (C=O) groups excluding carboxylic acids is 1. The van der Waals surface area contributed by atoms with Crippen molar-refractivity contribution in [2.24, 2.45) is 0 Å². The number of rotatable bonds is 4. The van der Waals surface area contributed by atoms with Crippen molar-refractivity contribution in [1.82, 2.24) is 4.98 Å². The minimum atomic E-state index is 0.124. The number of aromatic nitrogens is 1. The van der Waals surface area contributed by atoms with E-state index < -0.39 is 0 Å². The van der Waals surface area contributed by atoms with E-state index in [2.05, 4.69) is 4.98 Å². The van der Waals surface area contributed by atoms with E-state index in [9.17, 15) is 4.79 Å². The molecule has 0 bridgehead atoms. The maximum Gasteiger partial charge on any atom is 0.167 e. The van der Waals surface area contributed by atoms with Gasteiger partial charge in [0.1, 0.15) is 0 Å². The number of pyridine rings is 1. The SMILES string of the molecule is O=C(Cc1ccccc1)c1cccc(-c2ccccn2)c1. The Morgan fingerprint density at radius 2 is 1.67 bits per heavy atom. The van der Waals surface area contributed by atoms with Crippen molar-refractivity contribution in [3.05, 3.63) is 90.1 Å². The van der Waals surface area contributed by atoms with Gasteiger partial charge < -0.3 is 0 Å². The Labute approximate surface area is 124 Å². The van der Waals surface area contributed by atoms with Gasteiger partial charge >= 0.3 is 0 Å². The fourth-order valence-electron chi connectivity index (χ4n) is 2.27. The molecular weight excluding hydrogens is 258 g/mol. The molecule has 1 heterocycles. The summed E-state index contributed by atoms with van der Waals surface area (Å²) in [6, 6.07) is 23.2. The molecule has 0 radical (unpaired) electrons. The van der Waals surface area contributed by atoms with Gasteiger partial charge in [0.15, 0.2) is 5.78 Å². The number of hydrogen-bond acceptors (Lipinski definition) is 2. The van der Waals surface area contributed by atoms with E-state index in [0.29, 0.717) is 6.42 Å². The molecule has 0 fully saturated rings. The fourth-order valence-corrected chi connectivity index (χ4v) is 2.27. The largest absolute Gasteiger partial charge is 0.294 e. The fraction of sp³-hybridized carbons (Fsp3) is 0.0526. The maximum absolute atomic E-state index is 12.4. The highest BCUT2D eigenvalue weighted by Crippen LogP contribution is 2.18. The van der Waals surface area contributed by atoms with E-state index in [-0.39, 0.29) is 5.78 Å². The van der Waals surface area contributed by atoms with E-state index in [4.69, 9.17) is 0 Å². The Hall–Kier alpha value is -2.74. The number of Topliss-reactive ketones (excluding diaryl/α,β-unsaturated/α-hetero) is 1. The third kappa shape index (κ3) is 3.23. The Kier molecular flexibility index (Phi) is 3.88. The van der Waals surface area contributed by atoms with E-state index in [1.165, 1.54) is 0 Å². The normalized spacial score (nSPS) is 10.3. The Bertz CT molecular complexity index is 736. The molecule has 0 spiro atoms. The lowest BCUT2D eigenvalue weighted by atomic mass is 10.0. The van der Waals surface area contributed by atoms with Crippen molar-refractivity contribution in [1.29, 1.82) is 0 Å². The first kappa shape index (κ1) is 13.3. The summed E-state index contributed by atoms with van der Waals surface area (Å²) in [6.45, 7) is 0. The minimum absolute atomic E-state index is 0.124.